The number of nitrogens with zero attached hydrogens (tertiary/aromatic N) is 3. The molecule has 1 fully saturated rings. The van der Waals surface area contributed by atoms with E-state index in [9.17, 15) is 43.2 Å². The SMILES string of the molecule is CC(C)C[C@H](NC(=O)[C@H](Cc1ccccc1)NC(=O)c1ccccc1)C(=O)N[C@@H](Cc1ccccc1)C(=O)N[C@@H](CCCN=C(N)N)C(=O)N1CCC[C@H]1C(=O)N[C@@H](CCCN=C(N)N)C(=O)N[C@@H](CC(N)=O)C(N)=O. The molecule has 7 atom stereocenters. The van der Waals surface area contributed by atoms with E-state index in [-0.39, 0.29) is 88.8 Å². The predicted octanol–water partition coefficient (Wildman–Crippen LogP) is -1.80. The number of carbonyl (C=O) groups excluding carboxylic acids is 9. The fourth-order valence-electron chi connectivity index (χ4n) is 8.47. The number of hydrogen-bond donors (Lipinski definition) is 12. The largest absolute Gasteiger partial charge is 0.370 e. The molecule has 76 heavy (non-hydrogen) atoms. The van der Waals surface area contributed by atoms with Gasteiger partial charge in [0.15, 0.2) is 11.9 Å². The van der Waals surface area contributed by atoms with Crippen molar-refractivity contribution >= 4 is 65.1 Å². The summed E-state index contributed by atoms with van der Waals surface area (Å²) in [7, 11) is 0. The van der Waals surface area contributed by atoms with Gasteiger partial charge in [-0.3, -0.25) is 53.1 Å². The van der Waals surface area contributed by atoms with Crippen LogP contribution in [0.5, 0.6) is 0 Å². The van der Waals surface area contributed by atoms with E-state index in [1.165, 1.54) is 4.90 Å². The second-order valence-electron chi connectivity index (χ2n) is 18.9. The first-order valence-corrected chi connectivity index (χ1v) is 25.2. The van der Waals surface area contributed by atoms with Crippen molar-refractivity contribution in [1.29, 1.82) is 0 Å². The van der Waals surface area contributed by atoms with Gasteiger partial charge in [-0.2, -0.15) is 0 Å². The predicted molar refractivity (Wildman–Crippen MR) is 285 cm³/mol. The smallest absolute Gasteiger partial charge is 0.251 e. The number of primary amides is 2. The van der Waals surface area contributed by atoms with E-state index in [0.29, 0.717) is 17.5 Å². The lowest BCUT2D eigenvalue weighted by Gasteiger charge is -2.31. The minimum atomic E-state index is -1.48. The molecule has 0 aromatic heterocycles. The maximum atomic E-state index is 14.7. The number of hydrogen-bond acceptors (Lipinski definition) is 11. The maximum absolute atomic E-state index is 14.7. The molecule has 24 nitrogen and oxygen atoms in total. The Bertz CT molecular complexity index is 2510. The van der Waals surface area contributed by atoms with Gasteiger partial charge < -0.3 is 71.2 Å². The van der Waals surface area contributed by atoms with Gasteiger partial charge in [-0.1, -0.05) is 92.7 Å². The molecule has 1 aliphatic rings. The van der Waals surface area contributed by atoms with Gasteiger partial charge in [0.05, 0.1) is 6.42 Å². The van der Waals surface area contributed by atoms with Crippen molar-refractivity contribution in [3.63, 3.8) is 0 Å². The molecular formula is C52H73N15O9. The molecule has 3 aromatic rings. The lowest BCUT2D eigenvalue weighted by atomic mass is 9.99. The Morgan fingerprint density at radius 3 is 1.50 bits per heavy atom. The van der Waals surface area contributed by atoms with Crippen LogP contribution in [-0.4, -0.2) is 132 Å². The average Bonchev–Trinajstić information content (AvgIpc) is 3.88. The highest BCUT2D eigenvalue weighted by molar-refractivity contribution is 6.00. The van der Waals surface area contributed by atoms with Gasteiger partial charge in [0.1, 0.15) is 42.3 Å². The third-order valence-corrected chi connectivity index (χ3v) is 12.2. The van der Waals surface area contributed by atoms with Crippen LogP contribution in [0.3, 0.4) is 0 Å². The third kappa shape index (κ3) is 20.4. The molecule has 0 bridgehead atoms. The van der Waals surface area contributed by atoms with Crippen LogP contribution in [0.15, 0.2) is 101 Å². The van der Waals surface area contributed by atoms with Gasteiger partial charge >= 0.3 is 0 Å². The summed E-state index contributed by atoms with van der Waals surface area (Å²) in [5.74, 6) is -7.35. The van der Waals surface area contributed by atoms with Gasteiger partial charge in [-0.05, 0) is 74.1 Å². The van der Waals surface area contributed by atoms with Crippen molar-refractivity contribution in [2.75, 3.05) is 19.6 Å². The van der Waals surface area contributed by atoms with Crippen LogP contribution in [0, 0.1) is 5.92 Å². The van der Waals surface area contributed by atoms with E-state index in [2.05, 4.69) is 41.9 Å². The van der Waals surface area contributed by atoms with Crippen molar-refractivity contribution in [3.05, 3.63) is 108 Å². The molecule has 18 N–H and O–H groups in total. The summed E-state index contributed by atoms with van der Waals surface area (Å²) in [6, 6.07) is 17.4. The number of likely N-dealkylation sites (tertiary alicyclic amines) is 1. The minimum absolute atomic E-state index is 0.0219. The minimum Gasteiger partial charge on any atom is -0.370 e. The number of rotatable bonds is 30. The molecular weight excluding hydrogens is 979 g/mol. The Labute approximate surface area is 441 Å². The summed E-state index contributed by atoms with van der Waals surface area (Å²) in [5.41, 5.74) is 34.5. The quantitative estimate of drug-likeness (QED) is 0.0200. The highest BCUT2D eigenvalue weighted by Gasteiger charge is 2.40. The van der Waals surface area contributed by atoms with Crippen LogP contribution in [0.2, 0.25) is 0 Å². The topological polar surface area (TPSA) is 410 Å². The van der Waals surface area contributed by atoms with Gasteiger partial charge in [0.2, 0.25) is 47.3 Å². The summed E-state index contributed by atoms with van der Waals surface area (Å²) in [5, 5.41) is 16.3. The lowest BCUT2D eigenvalue weighted by molar-refractivity contribution is -0.142. The highest BCUT2D eigenvalue weighted by atomic mass is 16.2. The highest BCUT2D eigenvalue weighted by Crippen LogP contribution is 2.21. The first-order valence-electron chi connectivity index (χ1n) is 25.2. The lowest BCUT2D eigenvalue weighted by Crippen LogP contribution is -2.60. The van der Waals surface area contributed by atoms with Crippen molar-refractivity contribution in [2.24, 2.45) is 50.3 Å². The molecule has 410 valence electrons. The van der Waals surface area contributed by atoms with E-state index < -0.39 is 102 Å². The second kappa shape index (κ2) is 30.6. The van der Waals surface area contributed by atoms with Crippen LogP contribution in [0.4, 0.5) is 0 Å². The molecule has 1 aliphatic heterocycles. The number of nitrogens with one attached hydrogen (secondary N) is 6. The van der Waals surface area contributed by atoms with E-state index >= 15 is 0 Å². The molecule has 3 aromatic carbocycles. The number of guanidine groups is 2. The zero-order valence-electron chi connectivity index (χ0n) is 43.0. The molecule has 0 unspecified atom stereocenters. The number of carbonyl (C=O) groups is 9. The van der Waals surface area contributed by atoms with Crippen LogP contribution in [0.1, 0.15) is 86.7 Å². The zero-order valence-corrected chi connectivity index (χ0v) is 43.0. The van der Waals surface area contributed by atoms with Crippen molar-refractivity contribution < 1.29 is 43.2 Å². The summed E-state index contributed by atoms with van der Waals surface area (Å²) in [6.45, 7) is 3.95. The first-order chi connectivity index (χ1) is 36.2. The van der Waals surface area contributed by atoms with Crippen molar-refractivity contribution in [2.45, 2.75) is 120 Å². The molecule has 0 radical (unpaired) electrons. The molecule has 4 rings (SSSR count). The summed E-state index contributed by atoms with van der Waals surface area (Å²) in [4.78, 5) is 132. The Hall–Kier alpha value is -8.57. The Morgan fingerprint density at radius 2 is 1.00 bits per heavy atom. The zero-order chi connectivity index (χ0) is 55.7. The molecule has 0 aliphatic carbocycles. The molecule has 0 saturated carbocycles. The molecule has 1 saturated heterocycles. The van der Waals surface area contributed by atoms with Gasteiger partial charge in [-0.25, -0.2) is 0 Å². The Morgan fingerprint density at radius 1 is 0.553 bits per heavy atom. The normalized spacial score (nSPS) is 15.2. The third-order valence-electron chi connectivity index (χ3n) is 12.2. The number of amides is 9. The first kappa shape index (κ1) is 60.0. The standard InChI is InChI=1S/C52H73N15O9/c1-31(2)27-38(65-48(74)39(28-32-15-6-3-7-16-32)64-44(70)34-19-10-5-11-20-34)46(72)66-40(29-33-17-8-4-9-18-33)47(73)62-36(22-13-25-60-52(57)58)50(76)67-26-14-23-41(67)49(75)61-35(21-12-24-59-51(55)56)45(71)63-37(43(54)69)30-42(53)68/h3-11,15-20,31,35-41H,12-14,21-30H2,1-2H3,(H2,53,68)(H2,54,69)(H,61,75)(H,62,73)(H,63,71)(H,64,70)(H,65,74)(H,66,72)(H4,55,56,59)(H4,57,58,60)/t35-,36-,37-,38-,39-,40-,41-/m0/s1. The van der Waals surface area contributed by atoms with Crippen LogP contribution >= 0.6 is 0 Å². The summed E-state index contributed by atoms with van der Waals surface area (Å²) >= 11 is 0. The number of benzene rings is 3. The monoisotopic (exact) mass is 1050 g/mol. The van der Waals surface area contributed by atoms with Crippen LogP contribution in [0.25, 0.3) is 0 Å². The second-order valence-corrected chi connectivity index (χ2v) is 18.9. The van der Waals surface area contributed by atoms with Crippen molar-refractivity contribution in [1.82, 2.24) is 36.8 Å². The molecule has 1 heterocycles. The van der Waals surface area contributed by atoms with E-state index in [1.54, 1.807) is 72.8 Å². The van der Waals surface area contributed by atoms with E-state index in [4.69, 9.17) is 34.4 Å². The van der Waals surface area contributed by atoms with Crippen LogP contribution in [-0.2, 0) is 51.2 Å². The molecule has 9 amide bonds. The fraction of sp³-hybridized carbons (Fsp3) is 0.442. The number of aliphatic imine (C=N–C) groups is 2. The summed E-state index contributed by atoms with van der Waals surface area (Å²) < 4.78 is 0. The van der Waals surface area contributed by atoms with E-state index in [1.807, 2.05) is 32.0 Å². The van der Waals surface area contributed by atoms with Gasteiger partial charge in [-0.15, -0.1) is 0 Å². The fourth-order valence-corrected chi connectivity index (χ4v) is 8.47. The van der Waals surface area contributed by atoms with Crippen LogP contribution < -0.4 is 66.3 Å². The maximum Gasteiger partial charge on any atom is 0.251 e. The Kier molecular flexibility index (Phi) is 24.1. The summed E-state index contributed by atoms with van der Waals surface area (Å²) in [6.07, 6.45) is 0.421. The van der Waals surface area contributed by atoms with Gasteiger partial charge in [0.25, 0.3) is 5.91 Å². The Balaban J connectivity index is 1.62. The molecule has 24 heteroatoms. The number of nitrogens with two attached hydrogens (primary N) is 6. The van der Waals surface area contributed by atoms with E-state index in [0.717, 1.165) is 5.56 Å². The average molecular weight is 1050 g/mol. The molecule has 0 spiro atoms. The van der Waals surface area contributed by atoms with Crippen molar-refractivity contribution in [3.8, 4) is 0 Å². The van der Waals surface area contributed by atoms with Gasteiger partial charge in [0, 0.05) is 38.0 Å².